The van der Waals surface area contributed by atoms with E-state index < -0.39 is 0 Å². The molecule has 5 rings (SSSR count). The van der Waals surface area contributed by atoms with Gasteiger partial charge < -0.3 is 0 Å². The molecule has 2 unspecified atom stereocenters. The number of halogens is 2. The van der Waals surface area contributed by atoms with Crippen molar-refractivity contribution >= 4 is 80.1 Å². The molecule has 1 aliphatic rings. The SMILES string of the molecule is CCCCC(CC)Cc1sc(CC(CC)CCCC)c2c1C(=O)c1c(-c3cc(Cl)cs3)sc(-c3cc(Cl)cs3)c1C2=O. The molecule has 0 bridgehead atoms. The lowest BCUT2D eigenvalue weighted by Crippen LogP contribution is -2.22. The Bertz CT molecular complexity index is 1460. The number of ketones is 2. The minimum Gasteiger partial charge on any atom is -0.288 e. The van der Waals surface area contributed by atoms with Gasteiger partial charge in [0.1, 0.15) is 0 Å². The third-order valence-electron chi connectivity index (χ3n) is 8.49. The van der Waals surface area contributed by atoms with Crippen LogP contribution in [-0.4, -0.2) is 11.6 Å². The van der Waals surface area contributed by atoms with Crippen molar-refractivity contribution < 1.29 is 9.59 Å². The molecule has 42 heavy (non-hydrogen) atoms. The fourth-order valence-corrected chi connectivity index (χ4v) is 11.3. The van der Waals surface area contributed by atoms with Crippen molar-refractivity contribution in [2.45, 2.75) is 91.9 Å². The number of thiophene rings is 4. The molecule has 0 N–H and O–H groups in total. The summed E-state index contributed by atoms with van der Waals surface area (Å²) in [6.45, 7) is 8.96. The first-order chi connectivity index (χ1) is 20.3. The summed E-state index contributed by atoms with van der Waals surface area (Å²) in [5.74, 6) is 1.03. The second-order valence-corrected chi connectivity index (χ2v) is 16.3. The fourth-order valence-electron chi connectivity index (χ4n) is 6.03. The second kappa shape index (κ2) is 14.2. The quantitative estimate of drug-likeness (QED) is 0.117. The van der Waals surface area contributed by atoms with Crippen molar-refractivity contribution in [2.75, 3.05) is 0 Å². The maximum absolute atomic E-state index is 14.8. The van der Waals surface area contributed by atoms with Crippen LogP contribution in [0.5, 0.6) is 0 Å². The molecule has 4 aromatic heterocycles. The van der Waals surface area contributed by atoms with Crippen LogP contribution in [0.1, 0.15) is 121 Å². The van der Waals surface area contributed by atoms with Crippen LogP contribution in [0.15, 0.2) is 22.9 Å². The van der Waals surface area contributed by atoms with Gasteiger partial charge in [0.05, 0.1) is 30.9 Å². The average molecular weight is 678 g/mol. The highest BCUT2D eigenvalue weighted by Gasteiger charge is 2.42. The summed E-state index contributed by atoms with van der Waals surface area (Å²) in [4.78, 5) is 35.3. The number of carbonyl (C=O) groups excluding carboxylic acids is 2. The minimum atomic E-state index is 0.00808. The molecule has 0 saturated carbocycles. The van der Waals surface area contributed by atoms with Crippen molar-refractivity contribution in [3.05, 3.63) is 64.9 Å². The van der Waals surface area contributed by atoms with Crippen LogP contribution in [0.4, 0.5) is 0 Å². The van der Waals surface area contributed by atoms with Gasteiger partial charge in [-0.25, -0.2) is 0 Å². The summed E-state index contributed by atoms with van der Waals surface area (Å²) >= 11 is 19.0. The topological polar surface area (TPSA) is 34.1 Å². The van der Waals surface area contributed by atoms with E-state index in [0.29, 0.717) is 44.1 Å². The molecule has 0 fully saturated rings. The minimum absolute atomic E-state index is 0.00808. The molecule has 0 aromatic carbocycles. The zero-order chi connectivity index (χ0) is 30.0. The van der Waals surface area contributed by atoms with E-state index in [9.17, 15) is 9.59 Å². The van der Waals surface area contributed by atoms with E-state index in [1.165, 1.54) is 46.9 Å². The Morgan fingerprint density at radius 3 is 1.40 bits per heavy atom. The first kappa shape index (κ1) is 32.1. The molecule has 0 aliphatic heterocycles. The predicted molar refractivity (Wildman–Crippen MR) is 186 cm³/mol. The van der Waals surface area contributed by atoms with Crippen LogP contribution in [-0.2, 0) is 12.8 Å². The summed E-state index contributed by atoms with van der Waals surface area (Å²) in [6, 6.07) is 3.82. The maximum atomic E-state index is 14.8. The van der Waals surface area contributed by atoms with Gasteiger partial charge in [0.25, 0.3) is 0 Å². The Balaban J connectivity index is 1.69. The van der Waals surface area contributed by atoms with E-state index >= 15 is 0 Å². The first-order valence-corrected chi connectivity index (χ1v) is 19.3. The highest BCUT2D eigenvalue weighted by atomic mass is 35.5. The maximum Gasteiger partial charge on any atom is 0.197 e. The average Bonchev–Trinajstić information content (AvgIpc) is 3.77. The van der Waals surface area contributed by atoms with Gasteiger partial charge in [-0.05, 0) is 36.8 Å². The number of hydrogen-bond acceptors (Lipinski definition) is 6. The Morgan fingerprint density at radius 2 is 1.07 bits per heavy atom. The van der Waals surface area contributed by atoms with Gasteiger partial charge in [-0.3, -0.25) is 9.59 Å². The lowest BCUT2D eigenvalue weighted by atomic mass is 9.81. The summed E-state index contributed by atoms with van der Waals surface area (Å²) < 4.78 is 0. The van der Waals surface area contributed by atoms with Crippen LogP contribution < -0.4 is 0 Å². The van der Waals surface area contributed by atoms with Gasteiger partial charge in [0.15, 0.2) is 11.6 Å². The number of hydrogen-bond donors (Lipinski definition) is 0. The van der Waals surface area contributed by atoms with E-state index in [1.54, 1.807) is 11.3 Å². The molecule has 8 heteroatoms. The summed E-state index contributed by atoms with van der Waals surface area (Å²) in [6.07, 6.45) is 10.9. The van der Waals surface area contributed by atoms with Crippen molar-refractivity contribution in [2.24, 2.45) is 11.8 Å². The number of unbranched alkanes of at least 4 members (excludes halogenated alkanes) is 2. The van der Waals surface area contributed by atoms with E-state index in [1.807, 2.05) is 22.9 Å². The van der Waals surface area contributed by atoms with Gasteiger partial charge in [-0.1, -0.05) is 102 Å². The van der Waals surface area contributed by atoms with Gasteiger partial charge in [-0.2, -0.15) is 0 Å². The molecular weight excluding hydrogens is 640 g/mol. The third kappa shape index (κ3) is 6.41. The van der Waals surface area contributed by atoms with Crippen molar-refractivity contribution in [1.82, 2.24) is 0 Å². The molecule has 1 aliphatic carbocycles. The first-order valence-electron chi connectivity index (χ1n) is 15.2. The molecule has 224 valence electrons. The lowest BCUT2D eigenvalue weighted by molar-refractivity contribution is 0.0980. The number of rotatable bonds is 14. The van der Waals surface area contributed by atoms with Gasteiger partial charge >= 0.3 is 0 Å². The number of fused-ring (bicyclic) bond motifs is 2. The standard InChI is InChI=1S/C34H38Cl2O2S4/c1-5-9-11-19(7-3)13-23-27-28(24(41-23)14-20(8-4)12-10-6-2)32(38)30-29(31(27)37)33(25-15-21(35)17-39-25)42-34(30)26-16-22(36)18-40-26/h15-20H,5-14H2,1-4H3. The van der Waals surface area contributed by atoms with E-state index in [0.717, 1.165) is 80.6 Å². The Morgan fingerprint density at radius 1 is 0.643 bits per heavy atom. The Labute approximate surface area is 276 Å². The molecule has 2 atom stereocenters. The van der Waals surface area contributed by atoms with Crippen molar-refractivity contribution in [3.63, 3.8) is 0 Å². The lowest BCUT2D eigenvalue weighted by Gasteiger charge is -2.19. The van der Waals surface area contributed by atoms with E-state index in [4.69, 9.17) is 23.2 Å². The summed E-state index contributed by atoms with van der Waals surface area (Å²) in [5, 5.41) is 5.07. The van der Waals surface area contributed by atoms with Gasteiger partial charge in [0.2, 0.25) is 0 Å². The molecule has 0 spiro atoms. The van der Waals surface area contributed by atoms with E-state index in [-0.39, 0.29) is 11.6 Å². The highest BCUT2D eigenvalue weighted by molar-refractivity contribution is 7.26. The largest absolute Gasteiger partial charge is 0.288 e. The molecular formula is C34H38Cl2O2S4. The molecule has 0 radical (unpaired) electrons. The summed E-state index contributed by atoms with van der Waals surface area (Å²) in [5.41, 5.74) is 2.48. The molecule has 2 nitrogen and oxygen atoms in total. The monoisotopic (exact) mass is 676 g/mol. The predicted octanol–water partition coefficient (Wildman–Crippen LogP) is 12.9. The van der Waals surface area contributed by atoms with Crippen molar-refractivity contribution in [3.8, 4) is 19.5 Å². The smallest absolute Gasteiger partial charge is 0.197 e. The van der Waals surface area contributed by atoms with E-state index in [2.05, 4.69) is 27.7 Å². The molecule has 0 saturated heterocycles. The summed E-state index contributed by atoms with van der Waals surface area (Å²) in [7, 11) is 0. The molecule has 0 amide bonds. The van der Waals surface area contributed by atoms with Crippen LogP contribution in [0, 0.1) is 11.8 Å². The third-order valence-corrected chi connectivity index (χ3v) is 13.8. The zero-order valence-electron chi connectivity index (χ0n) is 24.7. The normalized spacial score (nSPS) is 14.3. The highest BCUT2D eigenvalue weighted by Crippen LogP contribution is 2.52. The van der Waals surface area contributed by atoms with Crippen LogP contribution in [0.3, 0.4) is 0 Å². The molecule has 4 aromatic rings. The van der Waals surface area contributed by atoms with Gasteiger partial charge in [0, 0.05) is 41.4 Å². The molecule has 4 heterocycles. The second-order valence-electron chi connectivity index (χ2n) is 11.4. The zero-order valence-corrected chi connectivity index (χ0v) is 29.5. The van der Waals surface area contributed by atoms with Crippen molar-refractivity contribution in [1.29, 1.82) is 0 Å². The van der Waals surface area contributed by atoms with Crippen LogP contribution >= 0.6 is 68.5 Å². The Kier molecular flexibility index (Phi) is 10.9. The number of carbonyl (C=O) groups is 2. The fraction of sp³-hybridized carbons (Fsp3) is 0.471. The van der Waals surface area contributed by atoms with Gasteiger partial charge in [-0.15, -0.1) is 45.3 Å². The van der Waals surface area contributed by atoms with Crippen LogP contribution in [0.2, 0.25) is 10.0 Å². The van der Waals surface area contributed by atoms with Crippen LogP contribution in [0.25, 0.3) is 19.5 Å². The Hall–Kier alpha value is -1.28.